The Balaban J connectivity index is 1.43. The summed E-state index contributed by atoms with van der Waals surface area (Å²) in [4.78, 5) is 47.8. The number of esters is 1. The molecular weight excluding hydrogens is 646 g/mol. The van der Waals surface area contributed by atoms with Gasteiger partial charge in [-0.3, -0.25) is 9.36 Å². The lowest BCUT2D eigenvalue weighted by atomic mass is 9.94. The number of carbonyl (C=O) groups is 1. The van der Waals surface area contributed by atoms with E-state index < -0.39 is 34.5 Å². The summed E-state index contributed by atoms with van der Waals surface area (Å²) >= 11 is 1.29. The number of hydrogen-bond donors (Lipinski definition) is 0. The van der Waals surface area contributed by atoms with Gasteiger partial charge in [-0.05, 0) is 97.6 Å². The smallest absolute Gasteiger partial charge is 0.333 e. The van der Waals surface area contributed by atoms with E-state index >= 15 is 0 Å². The summed E-state index contributed by atoms with van der Waals surface area (Å²) in [5.74, 6) is -0.194. The van der Waals surface area contributed by atoms with Crippen molar-refractivity contribution in [1.29, 1.82) is 0 Å². The topological polar surface area (TPSA) is 124 Å². The number of oxazole rings is 1. The SMILES string of the molecule is Cc1c(-c2cnco2)sc2c1c(=O)n(C(C)(C)C(=O)OC(C)(C)C)c(=O)n2C[C@H](OC1CCCC(OC2CCCCO2)C1)c1ccccc1. The van der Waals surface area contributed by atoms with Crippen LogP contribution in [0.4, 0.5) is 0 Å². The predicted molar refractivity (Wildman–Crippen MR) is 187 cm³/mol. The van der Waals surface area contributed by atoms with Crippen molar-refractivity contribution in [3.63, 3.8) is 0 Å². The number of benzene rings is 1. The van der Waals surface area contributed by atoms with Crippen LogP contribution in [0.15, 0.2) is 56.9 Å². The highest BCUT2D eigenvalue weighted by atomic mass is 32.1. The standard InChI is InChI=1S/C37H47N3O8S/c1-23-30-32(41)40(37(5,6)34(42)48-36(2,3)4)35(43)39(33(30)49-31(23)27-20-38-22-45-27)21-28(24-13-8-7-9-14-24)46-25-15-12-16-26(19-25)47-29-17-10-11-18-44-29/h7-9,13-14,20,22,25-26,28-29H,10-12,15-19,21H2,1-6H3/t25?,26?,28-,29?/m0/s1. The third-order valence-corrected chi connectivity index (χ3v) is 10.6. The fraction of sp³-hybridized carbons (Fsp3) is 0.568. The van der Waals surface area contributed by atoms with Crippen LogP contribution in [0.1, 0.15) is 96.8 Å². The van der Waals surface area contributed by atoms with E-state index in [9.17, 15) is 14.4 Å². The predicted octanol–water partition coefficient (Wildman–Crippen LogP) is 6.88. The molecule has 0 spiro atoms. The van der Waals surface area contributed by atoms with Gasteiger partial charge < -0.3 is 23.4 Å². The minimum absolute atomic E-state index is 0.0219. The zero-order valence-electron chi connectivity index (χ0n) is 29.2. The summed E-state index contributed by atoms with van der Waals surface area (Å²) in [6.45, 7) is 11.0. The van der Waals surface area contributed by atoms with Gasteiger partial charge in [0.1, 0.15) is 22.1 Å². The Morgan fingerprint density at radius 3 is 2.47 bits per heavy atom. The van der Waals surface area contributed by atoms with Gasteiger partial charge in [-0.25, -0.2) is 19.1 Å². The molecule has 1 aliphatic carbocycles. The highest BCUT2D eigenvalue weighted by Crippen LogP contribution is 2.38. The van der Waals surface area contributed by atoms with Crippen molar-refractivity contribution < 1.29 is 28.2 Å². The van der Waals surface area contributed by atoms with Crippen molar-refractivity contribution in [3.05, 3.63) is 74.9 Å². The molecule has 0 N–H and O–H groups in total. The Morgan fingerprint density at radius 2 is 1.80 bits per heavy atom. The van der Waals surface area contributed by atoms with Crippen molar-refractivity contribution in [3.8, 4) is 10.6 Å². The first-order valence-corrected chi connectivity index (χ1v) is 18.0. The van der Waals surface area contributed by atoms with Crippen LogP contribution >= 0.6 is 11.3 Å². The maximum Gasteiger partial charge on any atom is 0.333 e. The van der Waals surface area contributed by atoms with Crippen LogP contribution in [0, 0.1) is 6.92 Å². The maximum atomic E-state index is 14.7. The molecule has 49 heavy (non-hydrogen) atoms. The molecule has 11 nitrogen and oxygen atoms in total. The molecule has 4 atom stereocenters. The summed E-state index contributed by atoms with van der Waals surface area (Å²) in [5.41, 5.74) is -2.09. The maximum absolute atomic E-state index is 14.7. The number of hydrogen-bond acceptors (Lipinski definition) is 10. The Bertz CT molecular complexity index is 1860. The van der Waals surface area contributed by atoms with E-state index in [4.69, 9.17) is 23.4 Å². The minimum Gasteiger partial charge on any atom is -0.458 e. The molecule has 0 bridgehead atoms. The number of rotatable bonds is 10. The second-order valence-electron chi connectivity index (χ2n) is 14.6. The van der Waals surface area contributed by atoms with E-state index in [2.05, 4.69) is 4.98 Å². The van der Waals surface area contributed by atoms with Crippen molar-refractivity contribution in [2.45, 2.75) is 129 Å². The molecule has 264 valence electrons. The summed E-state index contributed by atoms with van der Waals surface area (Å²) in [7, 11) is 0. The molecule has 2 fully saturated rings. The molecule has 1 aromatic carbocycles. The van der Waals surface area contributed by atoms with E-state index in [1.807, 2.05) is 37.3 Å². The Morgan fingerprint density at radius 1 is 1.04 bits per heavy atom. The quantitative estimate of drug-likeness (QED) is 0.164. The molecule has 1 aliphatic heterocycles. The highest BCUT2D eigenvalue weighted by Gasteiger charge is 2.39. The van der Waals surface area contributed by atoms with Crippen LogP contribution < -0.4 is 11.2 Å². The minimum atomic E-state index is -1.61. The number of nitrogens with zero attached hydrogens (tertiary/aromatic N) is 3. The molecule has 3 unspecified atom stereocenters. The fourth-order valence-electron chi connectivity index (χ4n) is 6.73. The summed E-state index contributed by atoms with van der Waals surface area (Å²) in [6, 6.07) is 9.80. The molecule has 1 saturated carbocycles. The number of carbonyl (C=O) groups excluding carboxylic acids is 1. The van der Waals surface area contributed by atoms with Gasteiger partial charge in [0.2, 0.25) is 0 Å². The number of aryl methyl sites for hydroxylation is 1. The largest absolute Gasteiger partial charge is 0.458 e. The third kappa shape index (κ3) is 7.62. The lowest BCUT2D eigenvalue weighted by molar-refractivity contribution is -0.202. The number of aromatic nitrogens is 3. The second-order valence-corrected chi connectivity index (χ2v) is 15.6. The molecule has 0 amide bonds. The Hall–Kier alpha value is -3.58. The first kappa shape index (κ1) is 35.3. The number of ether oxygens (including phenoxy) is 4. The van der Waals surface area contributed by atoms with Crippen LogP contribution in [-0.4, -0.2) is 50.8 Å². The summed E-state index contributed by atoms with van der Waals surface area (Å²) in [6.07, 6.45) is 8.64. The number of thiophene rings is 1. The monoisotopic (exact) mass is 693 g/mol. The van der Waals surface area contributed by atoms with E-state index in [0.717, 1.165) is 55.3 Å². The van der Waals surface area contributed by atoms with Crippen molar-refractivity contribution in [1.82, 2.24) is 14.1 Å². The van der Waals surface area contributed by atoms with Crippen molar-refractivity contribution in [2.24, 2.45) is 0 Å². The summed E-state index contributed by atoms with van der Waals surface area (Å²) < 4.78 is 33.1. The van der Waals surface area contributed by atoms with Gasteiger partial charge in [0.15, 0.2) is 18.4 Å². The van der Waals surface area contributed by atoms with Crippen LogP contribution in [0.5, 0.6) is 0 Å². The lowest BCUT2D eigenvalue weighted by Gasteiger charge is -2.35. The highest BCUT2D eigenvalue weighted by molar-refractivity contribution is 7.22. The molecule has 3 aromatic heterocycles. The lowest BCUT2D eigenvalue weighted by Crippen LogP contribution is -2.54. The van der Waals surface area contributed by atoms with Gasteiger partial charge in [0.25, 0.3) is 5.56 Å². The van der Waals surface area contributed by atoms with E-state index in [-0.39, 0.29) is 25.0 Å². The summed E-state index contributed by atoms with van der Waals surface area (Å²) in [5, 5.41) is 0.332. The van der Waals surface area contributed by atoms with Crippen LogP contribution in [-0.2, 0) is 35.8 Å². The van der Waals surface area contributed by atoms with E-state index in [1.54, 1.807) is 45.4 Å². The van der Waals surface area contributed by atoms with Crippen LogP contribution in [0.3, 0.4) is 0 Å². The molecule has 4 aromatic rings. The van der Waals surface area contributed by atoms with Gasteiger partial charge in [-0.2, -0.15) is 0 Å². The van der Waals surface area contributed by atoms with Gasteiger partial charge in [0, 0.05) is 6.61 Å². The average molecular weight is 694 g/mol. The van der Waals surface area contributed by atoms with Crippen LogP contribution in [0.25, 0.3) is 20.9 Å². The van der Waals surface area contributed by atoms with E-state index in [0.29, 0.717) is 32.8 Å². The molecule has 1 saturated heterocycles. The normalized spacial score (nSPS) is 21.1. The number of fused-ring (bicyclic) bond motifs is 1. The molecule has 6 rings (SSSR count). The molecule has 4 heterocycles. The Labute approximate surface area is 290 Å². The van der Waals surface area contributed by atoms with Crippen LogP contribution in [0.2, 0.25) is 0 Å². The third-order valence-electron chi connectivity index (χ3n) is 9.26. The average Bonchev–Trinajstić information content (AvgIpc) is 3.71. The molecular formula is C37H47N3O8S. The molecule has 12 heteroatoms. The fourth-order valence-corrected chi connectivity index (χ4v) is 7.99. The van der Waals surface area contributed by atoms with Gasteiger partial charge in [-0.15, -0.1) is 11.3 Å². The van der Waals surface area contributed by atoms with Crippen molar-refractivity contribution in [2.75, 3.05) is 6.61 Å². The molecule has 2 aliphatic rings. The second kappa shape index (κ2) is 14.3. The zero-order valence-corrected chi connectivity index (χ0v) is 30.0. The van der Waals surface area contributed by atoms with Gasteiger partial charge in [0.05, 0.1) is 35.2 Å². The van der Waals surface area contributed by atoms with Crippen molar-refractivity contribution >= 4 is 27.5 Å². The Kier molecular flexibility index (Phi) is 10.3. The van der Waals surface area contributed by atoms with Gasteiger partial charge in [-0.1, -0.05) is 30.3 Å². The first-order chi connectivity index (χ1) is 23.3. The van der Waals surface area contributed by atoms with E-state index in [1.165, 1.54) is 17.7 Å². The first-order valence-electron chi connectivity index (χ1n) is 17.2. The molecule has 0 radical (unpaired) electrons. The van der Waals surface area contributed by atoms with Gasteiger partial charge >= 0.3 is 11.7 Å². The zero-order chi connectivity index (χ0) is 34.9.